The van der Waals surface area contributed by atoms with Gasteiger partial charge in [-0.1, -0.05) is 12.7 Å². The normalized spacial score (nSPS) is 24.0. The number of hydrogen-bond donors (Lipinski definition) is 1. The third-order valence-electron chi connectivity index (χ3n) is 4.46. The van der Waals surface area contributed by atoms with E-state index in [4.69, 9.17) is 9.47 Å². The fourth-order valence-corrected chi connectivity index (χ4v) is 3.18. The van der Waals surface area contributed by atoms with Crippen molar-refractivity contribution in [2.75, 3.05) is 13.2 Å². The summed E-state index contributed by atoms with van der Waals surface area (Å²) >= 11 is 0. The third-order valence-corrected chi connectivity index (χ3v) is 4.46. The zero-order valence-corrected chi connectivity index (χ0v) is 14.2. The van der Waals surface area contributed by atoms with Gasteiger partial charge in [0.1, 0.15) is 29.8 Å². The Balaban J connectivity index is 1.99. The molecule has 0 spiro atoms. The van der Waals surface area contributed by atoms with Crippen LogP contribution in [0.2, 0.25) is 0 Å². The minimum absolute atomic E-state index is 0.242. The zero-order valence-electron chi connectivity index (χ0n) is 14.2. The van der Waals surface area contributed by atoms with Crippen molar-refractivity contribution in [2.24, 2.45) is 0 Å². The van der Waals surface area contributed by atoms with Crippen LogP contribution in [-0.4, -0.2) is 40.8 Å². The Morgan fingerprint density at radius 2 is 2.32 bits per heavy atom. The van der Waals surface area contributed by atoms with E-state index >= 15 is 0 Å². The fourth-order valence-electron chi connectivity index (χ4n) is 3.18. The molecule has 0 fully saturated rings. The molecule has 2 atom stereocenters. The molecule has 0 saturated heterocycles. The van der Waals surface area contributed by atoms with Crippen molar-refractivity contribution >= 4 is 5.91 Å². The summed E-state index contributed by atoms with van der Waals surface area (Å²) < 4.78 is 11.4. The quantitative estimate of drug-likeness (QED) is 0.848. The van der Waals surface area contributed by atoms with Crippen molar-refractivity contribution in [1.82, 2.24) is 4.90 Å². The van der Waals surface area contributed by atoms with Crippen molar-refractivity contribution in [1.29, 1.82) is 5.26 Å². The first kappa shape index (κ1) is 17.1. The highest BCUT2D eigenvalue weighted by Gasteiger charge is 2.47. The van der Waals surface area contributed by atoms with Crippen LogP contribution in [-0.2, 0) is 9.53 Å². The average molecular weight is 340 g/mol. The van der Waals surface area contributed by atoms with E-state index in [1.54, 1.807) is 43.0 Å². The Bertz CT molecular complexity index is 791. The molecule has 3 rings (SSSR count). The van der Waals surface area contributed by atoms with Gasteiger partial charge in [-0.05, 0) is 32.0 Å². The summed E-state index contributed by atoms with van der Waals surface area (Å²) in [7, 11) is 0. The molecule has 130 valence electrons. The summed E-state index contributed by atoms with van der Waals surface area (Å²) in [6.07, 6.45) is 2.08. The van der Waals surface area contributed by atoms with E-state index in [0.29, 0.717) is 29.2 Å². The second-order valence-electron chi connectivity index (χ2n) is 6.64. The molecule has 0 bridgehead atoms. The summed E-state index contributed by atoms with van der Waals surface area (Å²) in [5.41, 5.74) is 0.191. The van der Waals surface area contributed by atoms with Gasteiger partial charge in [-0.3, -0.25) is 4.79 Å². The lowest BCUT2D eigenvalue weighted by molar-refractivity contribution is -0.137. The van der Waals surface area contributed by atoms with Gasteiger partial charge in [0, 0.05) is 11.6 Å². The number of carbonyl (C=O) groups excluding carboxylic acids is 1. The molecular formula is C19H20N2O4. The molecule has 1 aromatic rings. The molecule has 0 radical (unpaired) electrons. The van der Waals surface area contributed by atoms with Gasteiger partial charge in [-0.15, -0.1) is 0 Å². The Labute approximate surface area is 146 Å². The molecular weight excluding hydrogens is 320 g/mol. The monoisotopic (exact) mass is 340 g/mol. The van der Waals surface area contributed by atoms with Crippen LogP contribution in [0, 0.1) is 11.3 Å². The summed E-state index contributed by atoms with van der Waals surface area (Å²) in [4.78, 5) is 14.0. The fraction of sp³-hybridized carbons (Fsp3) is 0.368. The smallest absolute Gasteiger partial charge is 0.251 e. The summed E-state index contributed by atoms with van der Waals surface area (Å²) in [6.45, 7) is 7.70. The SMILES string of the molecule is C=CCOC1=CC(=O)N([C@H]2c3cc(C#N)ccc3OC(C)(C)[C@@H]2O)C1. The largest absolute Gasteiger partial charge is 0.492 e. The maximum Gasteiger partial charge on any atom is 0.251 e. The first-order valence-corrected chi connectivity index (χ1v) is 8.03. The predicted molar refractivity (Wildman–Crippen MR) is 90.6 cm³/mol. The Kier molecular flexibility index (Phi) is 4.27. The maximum absolute atomic E-state index is 12.5. The highest BCUT2D eigenvalue weighted by Crippen LogP contribution is 2.44. The van der Waals surface area contributed by atoms with Gasteiger partial charge in [0.05, 0.1) is 24.2 Å². The molecule has 25 heavy (non-hydrogen) atoms. The van der Waals surface area contributed by atoms with Gasteiger partial charge in [0.2, 0.25) is 0 Å². The van der Waals surface area contributed by atoms with Crippen LogP contribution >= 0.6 is 0 Å². The van der Waals surface area contributed by atoms with Gasteiger partial charge in [-0.2, -0.15) is 5.26 Å². The molecule has 6 nitrogen and oxygen atoms in total. The number of nitriles is 1. The number of fused-ring (bicyclic) bond motifs is 1. The van der Waals surface area contributed by atoms with Crippen molar-refractivity contribution in [2.45, 2.75) is 31.6 Å². The van der Waals surface area contributed by atoms with Crippen LogP contribution in [0.5, 0.6) is 5.75 Å². The highest BCUT2D eigenvalue weighted by atomic mass is 16.5. The molecule has 1 aromatic carbocycles. The maximum atomic E-state index is 12.5. The Morgan fingerprint density at radius 1 is 1.56 bits per heavy atom. The van der Waals surface area contributed by atoms with E-state index in [1.165, 1.54) is 6.08 Å². The van der Waals surface area contributed by atoms with Gasteiger partial charge < -0.3 is 19.5 Å². The molecule has 0 unspecified atom stereocenters. The molecule has 1 N–H and O–H groups in total. The Morgan fingerprint density at radius 3 is 3.00 bits per heavy atom. The van der Waals surface area contributed by atoms with Gasteiger partial charge in [0.15, 0.2) is 0 Å². The minimum atomic E-state index is -0.954. The van der Waals surface area contributed by atoms with Gasteiger partial charge >= 0.3 is 0 Å². The first-order chi connectivity index (χ1) is 11.9. The van der Waals surface area contributed by atoms with Gasteiger partial charge in [0.25, 0.3) is 5.91 Å². The first-order valence-electron chi connectivity index (χ1n) is 8.03. The number of carbonyl (C=O) groups is 1. The number of hydrogen-bond acceptors (Lipinski definition) is 5. The number of rotatable bonds is 4. The van der Waals surface area contributed by atoms with E-state index in [9.17, 15) is 15.2 Å². The molecule has 2 heterocycles. The van der Waals surface area contributed by atoms with Crippen LogP contribution in [0.1, 0.15) is 31.0 Å². The van der Waals surface area contributed by atoms with Crippen molar-refractivity contribution in [3.05, 3.63) is 53.8 Å². The standard InChI is InChI=1S/C19H20N2O4/c1-4-7-24-13-9-16(22)21(11-13)17-14-8-12(10-20)5-6-15(14)25-19(2,3)18(17)23/h4-6,8-9,17-18,23H,1,7,11H2,2-3H3/t17-,18+/m0/s1. The predicted octanol–water partition coefficient (Wildman–Crippen LogP) is 2.06. The number of aliphatic hydroxyl groups is 1. The number of benzene rings is 1. The summed E-state index contributed by atoms with van der Waals surface area (Å²) in [5.74, 6) is 0.848. The lowest BCUT2D eigenvalue weighted by Crippen LogP contribution is -2.54. The van der Waals surface area contributed by atoms with Crippen LogP contribution in [0.25, 0.3) is 0 Å². The average Bonchev–Trinajstić information content (AvgIpc) is 2.94. The van der Waals surface area contributed by atoms with E-state index in [2.05, 4.69) is 12.6 Å². The van der Waals surface area contributed by atoms with Crippen LogP contribution in [0.4, 0.5) is 0 Å². The van der Waals surface area contributed by atoms with Crippen LogP contribution in [0.15, 0.2) is 42.7 Å². The number of nitrogens with zero attached hydrogens (tertiary/aromatic N) is 2. The molecule has 1 amide bonds. The number of ether oxygens (including phenoxy) is 2. The second kappa shape index (κ2) is 6.26. The number of aliphatic hydroxyl groups excluding tert-OH is 1. The van der Waals surface area contributed by atoms with Crippen molar-refractivity contribution in [3.8, 4) is 11.8 Å². The van der Waals surface area contributed by atoms with Crippen LogP contribution < -0.4 is 4.74 Å². The summed E-state index contributed by atoms with van der Waals surface area (Å²) in [6, 6.07) is 6.48. The molecule has 2 aliphatic heterocycles. The van der Waals surface area contributed by atoms with Gasteiger partial charge in [-0.25, -0.2) is 0 Å². The number of amides is 1. The molecule has 0 saturated carbocycles. The van der Waals surface area contributed by atoms with E-state index in [0.717, 1.165) is 0 Å². The Hall–Kier alpha value is -2.78. The van der Waals surface area contributed by atoms with E-state index in [1.807, 2.05) is 0 Å². The van der Waals surface area contributed by atoms with E-state index < -0.39 is 17.7 Å². The second-order valence-corrected chi connectivity index (χ2v) is 6.64. The zero-order chi connectivity index (χ0) is 18.2. The molecule has 0 aliphatic carbocycles. The molecule has 6 heteroatoms. The minimum Gasteiger partial charge on any atom is -0.492 e. The topological polar surface area (TPSA) is 82.8 Å². The lowest BCUT2D eigenvalue weighted by atomic mass is 9.85. The van der Waals surface area contributed by atoms with E-state index in [-0.39, 0.29) is 12.5 Å². The third kappa shape index (κ3) is 2.99. The van der Waals surface area contributed by atoms with Crippen LogP contribution in [0.3, 0.4) is 0 Å². The molecule has 2 aliphatic rings. The summed E-state index contributed by atoms with van der Waals surface area (Å²) in [5, 5.41) is 20.0. The molecule has 0 aromatic heterocycles. The van der Waals surface area contributed by atoms with Crippen molar-refractivity contribution in [3.63, 3.8) is 0 Å². The highest BCUT2D eigenvalue weighted by molar-refractivity contribution is 5.91. The lowest BCUT2D eigenvalue weighted by Gasteiger charge is -2.45. The van der Waals surface area contributed by atoms with Crippen molar-refractivity contribution < 1.29 is 19.4 Å².